The van der Waals surface area contributed by atoms with E-state index in [4.69, 9.17) is 12.2 Å². The van der Waals surface area contributed by atoms with E-state index in [1.807, 2.05) is 6.07 Å². The average molecular weight is 286 g/mol. The Bertz CT molecular complexity index is 513. The molecule has 0 atom stereocenters. The minimum atomic E-state index is -3.30. The van der Waals surface area contributed by atoms with Crippen molar-refractivity contribution in [2.24, 2.45) is 0 Å². The van der Waals surface area contributed by atoms with Gasteiger partial charge in [-0.3, -0.25) is 4.72 Å². The van der Waals surface area contributed by atoms with Crippen molar-refractivity contribution >= 4 is 32.9 Å². The van der Waals surface area contributed by atoms with Crippen LogP contribution in [0, 0.1) is 0 Å². The monoisotopic (exact) mass is 286 g/mol. The number of nitrogens with one attached hydrogen (secondary N) is 2. The first kappa shape index (κ1) is 14.9. The van der Waals surface area contributed by atoms with Gasteiger partial charge in [0.25, 0.3) is 0 Å². The van der Waals surface area contributed by atoms with Crippen LogP contribution in [-0.2, 0) is 10.0 Å². The van der Waals surface area contributed by atoms with E-state index >= 15 is 0 Å². The Kier molecular flexibility index (Phi) is 5.55. The van der Waals surface area contributed by atoms with Gasteiger partial charge in [-0.05, 0) is 18.6 Å². The maximum Gasteiger partial charge on any atom is 0.229 e. The van der Waals surface area contributed by atoms with Gasteiger partial charge in [0.1, 0.15) is 4.99 Å². The van der Waals surface area contributed by atoms with Gasteiger partial charge in [0, 0.05) is 12.1 Å². The molecule has 2 N–H and O–H groups in total. The number of thiocarbonyl (C=S) groups is 1. The van der Waals surface area contributed by atoms with Crippen molar-refractivity contribution in [2.75, 3.05) is 17.5 Å². The Morgan fingerprint density at radius 2 is 2.00 bits per heavy atom. The molecule has 0 heterocycles. The maximum atomic E-state index is 11.3. The van der Waals surface area contributed by atoms with Gasteiger partial charge in [0.05, 0.1) is 11.9 Å². The molecule has 0 saturated carbocycles. The van der Waals surface area contributed by atoms with E-state index < -0.39 is 10.0 Å². The summed E-state index contributed by atoms with van der Waals surface area (Å²) in [5, 5.41) is 3.12. The quantitative estimate of drug-likeness (QED) is 0.621. The first-order valence-corrected chi connectivity index (χ1v) is 8.09. The van der Waals surface area contributed by atoms with Crippen molar-refractivity contribution in [2.45, 2.75) is 19.8 Å². The van der Waals surface area contributed by atoms with E-state index in [-0.39, 0.29) is 0 Å². The second-order valence-electron chi connectivity index (χ2n) is 4.03. The zero-order chi connectivity index (χ0) is 13.6. The van der Waals surface area contributed by atoms with Crippen molar-refractivity contribution in [3.8, 4) is 0 Å². The van der Waals surface area contributed by atoms with Gasteiger partial charge in [0.2, 0.25) is 10.0 Å². The van der Waals surface area contributed by atoms with Gasteiger partial charge >= 0.3 is 0 Å². The maximum absolute atomic E-state index is 11.3. The van der Waals surface area contributed by atoms with Crippen LogP contribution in [0.5, 0.6) is 0 Å². The Labute approximate surface area is 114 Å². The van der Waals surface area contributed by atoms with Gasteiger partial charge in [-0.25, -0.2) is 8.42 Å². The first-order chi connectivity index (χ1) is 8.44. The molecule has 6 heteroatoms. The number of unbranched alkanes of at least 4 members (excludes halogenated alkanes) is 1. The van der Waals surface area contributed by atoms with Crippen LogP contribution < -0.4 is 10.0 Å². The first-order valence-electron chi connectivity index (χ1n) is 5.79. The smallest absolute Gasteiger partial charge is 0.229 e. The van der Waals surface area contributed by atoms with Gasteiger partial charge < -0.3 is 5.32 Å². The molecule has 0 unspecified atom stereocenters. The van der Waals surface area contributed by atoms with E-state index in [1.54, 1.807) is 18.2 Å². The van der Waals surface area contributed by atoms with Crippen molar-refractivity contribution in [1.29, 1.82) is 0 Å². The number of rotatable bonds is 6. The number of sulfonamides is 1. The Morgan fingerprint density at radius 3 is 2.61 bits per heavy atom. The summed E-state index contributed by atoms with van der Waals surface area (Å²) >= 11 is 5.26. The summed E-state index contributed by atoms with van der Waals surface area (Å²) in [6, 6.07) is 7.10. The molecular weight excluding hydrogens is 268 g/mol. The van der Waals surface area contributed by atoms with Crippen LogP contribution in [0.4, 0.5) is 5.69 Å². The topological polar surface area (TPSA) is 58.2 Å². The Balaban J connectivity index is 2.84. The largest absolute Gasteiger partial charge is 0.376 e. The lowest BCUT2D eigenvalue weighted by molar-refractivity contribution is 0.607. The van der Waals surface area contributed by atoms with Crippen LogP contribution in [0.1, 0.15) is 25.3 Å². The van der Waals surface area contributed by atoms with Crippen LogP contribution in [0.3, 0.4) is 0 Å². The molecule has 0 fully saturated rings. The molecule has 1 rings (SSSR count). The molecule has 0 saturated heterocycles. The highest BCUT2D eigenvalue weighted by atomic mass is 32.2. The summed E-state index contributed by atoms with van der Waals surface area (Å²) < 4.78 is 25.0. The number of anilines is 1. The number of hydrogen-bond donors (Lipinski definition) is 2. The molecule has 0 aromatic heterocycles. The number of benzene rings is 1. The summed E-state index contributed by atoms with van der Waals surface area (Å²) in [4.78, 5) is 0.565. The Hall–Kier alpha value is -1.14. The molecular formula is C12H18N2O2S2. The predicted octanol–water partition coefficient (Wildman–Crippen LogP) is 2.12. The predicted molar refractivity (Wildman–Crippen MR) is 79.5 cm³/mol. The molecule has 0 spiro atoms. The molecule has 0 aliphatic carbocycles. The minimum Gasteiger partial charge on any atom is -0.376 e. The van der Waals surface area contributed by atoms with Crippen molar-refractivity contribution in [3.05, 3.63) is 29.8 Å². The molecule has 0 amide bonds. The van der Waals surface area contributed by atoms with Crippen LogP contribution in [-0.4, -0.2) is 26.2 Å². The second kappa shape index (κ2) is 6.70. The fraction of sp³-hybridized carbons (Fsp3) is 0.417. The van der Waals surface area contributed by atoms with E-state index in [0.29, 0.717) is 16.2 Å². The van der Waals surface area contributed by atoms with Crippen molar-refractivity contribution < 1.29 is 8.42 Å². The van der Waals surface area contributed by atoms with Gasteiger partial charge in [-0.1, -0.05) is 37.7 Å². The van der Waals surface area contributed by atoms with Gasteiger partial charge in [0.15, 0.2) is 0 Å². The molecule has 4 nitrogen and oxygen atoms in total. The lowest BCUT2D eigenvalue weighted by Crippen LogP contribution is -2.25. The van der Waals surface area contributed by atoms with E-state index in [9.17, 15) is 8.42 Å². The fourth-order valence-electron chi connectivity index (χ4n) is 1.44. The second-order valence-corrected chi connectivity index (χ2v) is 6.19. The average Bonchev–Trinajstić information content (AvgIpc) is 2.27. The van der Waals surface area contributed by atoms with Crippen LogP contribution >= 0.6 is 12.2 Å². The lowest BCUT2D eigenvalue weighted by Gasteiger charge is -2.12. The molecule has 0 aliphatic heterocycles. The highest BCUT2D eigenvalue weighted by Gasteiger charge is 2.10. The third kappa shape index (κ3) is 5.01. The van der Waals surface area contributed by atoms with Crippen molar-refractivity contribution in [1.82, 2.24) is 5.32 Å². The summed E-state index contributed by atoms with van der Waals surface area (Å²) in [6.07, 6.45) is 3.23. The summed E-state index contributed by atoms with van der Waals surface area (Å²) in [7, 11) is -3.30. The van der Waals surface area contributed by atoms with E-state index in [1.165, 1.54) is 0 Å². The standard InChI is InChI=1S/C12H18N2O2S2/c1-3-4-9-13-12(17)10-7-5-6-8-11(10)14-18(2,15)16/h5-8,14H,3-4,9H2,1-2H3,(H,13,17). The molecule has 18 heavy (non-hydrogen) atoms. The molecule has 0 radical (unpaired) electrons. The minimum absolute atomic E-state index is 0.508. The third-order valence-corrected chi connectivity index (χ3v) is 3.24. The van der Waals surface area contributed by atoms with Crippen LogP contribution in [0.25, 0.3) is 0 Å². The summed E-state index contributed by atoms with van der Waals surface area (Å²) in [6.45, 7) is 2.90. The van der Waals surface area contributed by atoms with Crippen LogP contribution in [0.15, 0.2) is 24.3 Å². The lowest BCUT2D eigenvalue weighted by atomic mass is 10.2. The zero-order valence-corrected chi connectivity index (χ0v) is 12.2. The normalized spacial score (nSPS) is 11.0. The molecule has 0 aliphatic rings. The van der Waals surface area contributed by atoms with E-state index in [2.05, 4.69) is 17.0 Å². The fourth-order valence-corrected chi connectivity index (χ4v) is 2.30. The molecule has 100 valence electrons. The molecule has 1 aromatic rings. The summed E-state index contributed by atoms with van der Waals surface area (Å²) in [5.41, 5.74) is 1.21. The van der Waals surface area contributed by atoms with Crippen molar-refractivity contribution in [3.63, 3.8) is 0 Å². The van der Waals surface area contributed by atoms with E-state index in [0.717, 1.165) is 25.6 Å². The molecule has 1 aromatic carbocycles. The highest BCUT2D eigenvalue weighted by molar-refractivity contribution is 7.92. The van der Waals surface area contributed by atoms with Gasteiger partial charge in [-0.2, -0.15) is 0 Å². The SMILES string of the molecule is CCCCNC(=S)c1ccccc1NS(C)(=O)=O. The zero-order valence-electron chi connectivity index (χ0n) is 10.6. The van der Waals surface area contributed by atoms with Gasteiger partial charge in [-0.15, -0.1) is 0 Å². The third-order valence-electron chi connectivity index (χ3n) is 2.28. The van der Waals surface area contributed by atoms with Crippen LogP contribution in [0.2, 0.25) is 0 Å². The number of para-hydroxylation sites is 1. The molecule has 0 bridgehead atoms. The Morgan fingerprint density at radius 1 is 1.33 bits per heavy atom. The summed E-state index contributed by atoms with van der Waals surface area (Å²) in [5.74, 6) is 0. The number of hydrogen-bond acceptors (Lipinski definition) is 3. The highest BCUT2D eigenvalue weighted by Crippen LogP contribution is 2.16.